The Morgan fingerprint density at radius 3 is 2.90 bits per heavy atom. The number of hydrogen-bond acceptors (Lipinski definition) is 5. The molecule has 5 nitrogen and oxygen atoms in total. The summed E-state index contributed by atoms with van der Waals surface area (Å²) in [5.41, 5.74) is 8.58. The lowest BCUT2D eigenvalue weighted by atomic mass is 10.3. The van der Waals surface area contributed by atoms with Gasteiger partial charge in [-0.25, -0.2) is 0 Å². The van der Waals surface area contributed by atoms with Gasteiger partial charge in [-0.2, -0.15) is 4.98 Å². The third-order valence-electron chi connectivity index (χ3n) is 2.83. The molecule has 1 aromatic heterocycles. The highest BCUT2D eigenvalue weighted by molar-refractivity contribution is 9.10. The van der Waals surface area contributed by atoms with Crippen LogP contribution in [0.3, 0.4) is 0 Å². The van der Waals surface area contributed by atoms with E-state index < -0.39 is 0 Å². The zero-order valence-corrected chi connectivity index (χ0v) is 12.3. The second kappa shape index (κ2) is 5.05. The van der Waals surface area contributed by atoms with Gasteiger partial charge in [0.05, 0.1) is 12.8 Å². The van der Waals surface area contributed by atoms with Crippen molar-refractivity contribution in [1.82, 2.24) is 4.98 Å². The van der Waals surface area contributed by atoms with Gasteiger partial charge in [0.1, 0.15) is 11.3 Å². The molecule has 0 aliphatic rings. The molecule has 0 amide bonds. The van der Waals surface area contributed by atoms with Crippen molar-refractivity contribution in [3.63, 3.8) is 0 Å². The number of rotatable bonds is 3. The fourth-order valence-electron chi connectivity index (χ4n) is 1.84. The molecule has 6 heteroatoms. The molecule has 0 spiro atoms. The van der Waals surface area contributed by atoms with Gasteiger partial charge < -0.3 is 20.2 Å². The Kier molecular flexibility index (Phi) is 3.23. The number of nitrogens with zero attached hydrogens (tertiary/aromatic N) is 1. The fraction of sp³-hybridized carbons (Fsp3) is 0.0714. The van der Waals surface area contributed by atoms with Crippen molar-refractivity contribution >= 4 is 44.4 Å². The number of fused-ring (bicyclic) bond motifs is 1. The highest BCUT2D eigenvalue weighted by Gasteiger charge is 2.09. The number of nitrogens with one attached hydrogen (secondary N) is 1. The van der Waals surface area contributed by atoms with Gasteiger partial charge >= 0.3 is 0 Å². The van der Waals surface area contributed by atoms with Gasteiger partial charge in [-0.05, 0) is 46.3 Å². The lowest BCUT2D eigenvalue weighted by Crippen LogP contribution is -1.92. The van der Waals surface area contributed by atoms with Gasteiger partial charge in [-0.15, -0.1) is 0 Å². The van der Waals surface area contributed by atoms with Crippen LogP contribution in [-0.4, -0.2) is 12.1 Å². The minimum Gasteiger partial charge on any atom is -0.497 e. The number of anilines is 3. The summed E-state index contributed by atoms with van der Waals surface area (Å²) in [4.78, 5) is 4.35. The lowest BCUT2D eigenvalue weighted by Gasteiger charge is -2.06. The molecule has 3 N–H and O–H groups in total. The topological polar surface area (TPSA) is 73.3 Å². The van der Waals surface area contributed by atoms with Crippen LogP contribution in [0.25, 0.3) is 11.1 Å². The van der Waals surface area contributed by atoms with E-state index in [9.17, 15) is 0 Å². The average Bonchev–Trinajstić information content (AvgIpc) is 2.82. The predicted molar refractivity (Wildman–Crippen MR) is 82.4 cm³/mol. The molecule has 0 bridgehead atoms. The molecule has 102 valence electrons. The summed E-state index contributed by atoms with van der Waals surface area (Å²) in [7, 11) is 1.62. The van der Waals surface area contributed by atoms with E-state index in [1.165, 1.54) is 0 Å². The second-order valence-electron chi connectivity index (χ2n) is 4.22. The molecule has 0 aliphatic carbocycles. The van der Waals surface area contributed by atoms with E-state index in [0.717, 1.165) is 15.9 Å². The average molecular weight is 334 g/mol. The number of oxazole rings is 1. The van der Waals surface area contributed by atoms with Gasteiger partial charge in [0.2, 0.25) is 0 Å². The van der Waals surface area contributed by atoms with Crippen LogP contribution >= 0.6 is 15.9 Å². The van der Waals surface area contributed by atoms with Crippen molar-refractivity contribution < 1.29 is 9.15 Å². The summed E-state index contributed by atoms with van der Waals surface area (Å²) in [6, 6.07) is 11.4. The number of halogens is 1. The van der Waals surface area contributed by atoms with Crippen molar-refractivity contribution in [1.29, 1.82) is 0 Å². The standard InChI is InChI=1S/C14H12BrN3O2/c1-19-9-3-4-10(15)11(7-9)17-14-18-12-6-8(16)2-5-13(12)20-14/h2-7H,16H2,1H3,(H,17,18). The molecule has 3 aromatic rings. The van der Waals surface area contributed by atoms with Crippen LogP contribution in [0.15, 0.2) is 45.3 Å². The summed E-state index contributed by atoms with van der Waals surface area (Å²) < 4.78 is 11.7. The molecule has 3 rings (SSSR count). The number of aromatic nitrogens is 1. The third-order valence-corrected chi connectivity index (χ3v) is 3.52. The molecule has 0 saturated carbocycles. The first-order chi connectivity index (χ1) is 9.65. The van der Waals surface area contributed by atoms with Crippen LogP contribution in [0.1, 0.15) is 0 Å². The molecular formula is C14H12BrN3O2. The highest BCUT2D eigenvalue weighted by atomic mass is 79.9. The largest absolute Gasteiger partial charge is 0.497 e. The first kappa shape index (κ1) is 12.8. The van der Waals surface area contributed by atoms with Crippen LogP contribution in [0.5, 0.6) is 5.75 Å². The van der Waals surface area contributed by atoms with Crippen LogP contribution in [-0.2, 0) is 0 Å². The molecule has 2 aromatic carbocycles. The van der Waals surface area contributed by atoms with Crippen LogP contribution in [0, 0.1) is 0 Å². The van der Waals surface area contributed by atoms with E-state index in [1.54, 1.807) is 25.3 Å². The van der Waals surface area contributed by atoms with Gasteiger partial charge in [0.25, 0.3) is 6.01 Å². The molecular weight excluding hydrogens is 322 g/mol. The number of ether oxygens (including phenoxy) is 1. The van der Waals surface area contributed by atoms with Crippen molar-refractivity contribution in [3.8, 4) is 5.75 Å². The van der Waals surface area contributed by atoms with Crippen LogP contribution in [0.2, 0.25) is 0 Å². The molecule has 20 heavy (non-hydrogen) atoms. The van der Waals surface area contributed by atoms with Crippen molar-refractivity contribution in [2.75, 3.05) is 18.2 Å². The molecule has 0 unspecified atom stereocenters. The van der Waals surface area contributed by atoms with Crippen molar-refractivity contribution in [3.05, 3.63) is 40.9 Å². The molecule has 0 aliphatic heterocycles. The molecule has 0 saturated heterocycles. The molecule has 1 heterocycles. The first-order valence-corrected chi connectivity index (χ1v) is 6.71. The van der Waals surface area contributed by atoms with E-state index >= 15 is 0 Å². The molecule has 0 fully saturated rings. The van der Waals surface area contributed by atoms with Crippen molar-refractivity contribution in [2.45, 2.75) is 0 Å². The minimum atomic E-state index is 0.402. The van der Waals surface area contributed by atoms with Crippen molar-refractivity contribution in [2.24, 2.45) is 0 Å². The van der Waals surface area contributed by atoms with E-state index in [-0.39, 0.29) is 0 Å². The highest BCUT2D eigenvalue weighted by Crippen LogP contribution is 2.31. The maximum Gasteiger partial charge on any atom is 0.300 e. The normalized spacial score (nSPS) is 10.7. The first-order valence-electron chi connectivity index (χ1n) is 5.92. The Morgan fingerprint density at radius 1 is 1.25 bits per heavy atom. The van der Waals surface area contributed by atoms with E-state index in [0.29, 0.717) is 22.8 Å². The van der Waals surface area contributed by atoms with Crippen LogP contribution in [0.4, 0.5) is 17.4 Å². The summed E-state index contributed by atoms with van der Waals surface area (Å²) in [6.45, 7) is 0. The number of hydrogen-bond donors (Lipinski definition) is 2. The lowest BCUT2D eigenvalue weighted by molar-refractivity contribution is 0.415. The number of methoxy groups -OCH3 is 1. The minimum absolute atomic E-state index is 0.402. The molecule has 0 radical (unpaired) electrons. The maximum absolute atomic E-state index is 5.72. The Morgan fingerprint density at radius 2 is 2.10 bits per heavy atom. The Labute approximate surface area is 123 Å². The Bertz CT molecular complexity index is 770. The SMILES string of the molecule is COc1ccc(Br)c(Nc2nc3cc(N)ccc3o2)c1. The third kappa shape index (κ3) is 2.42. The number of nitrogens with two attached hydrogens (primary N) is 1. The Hall–Kier alpha value is -2.21. The maximum atomic E-state index is 5.72. The zero-order valence-electron chi connectivity index (χ0n) is 10.7. The van der Waals surface area contributed by atoms with Gasteiger partial charge in [0.15, 0.2) is 5.58 Å². The predicted octanol–water partition coefficient (Wildman–Crippen LogP) is 3.92. The summed E-state index contributed by atoms with van der Waals surface area (Å²) >= 11 is 3.47. The fourth-order valence-corrected chi connectivity index (χ4v) is 2.19. The second-order valence-corrected chi connectivity index (χ2v) is 5.07. The smallest absolute Gasteiger partial charge is 0.300 e. The quantitative estimate of drug-likeness (QED) is 0.710. The monoisotopic (exact) mass is 333 g/mol. The number of nitrogen functional groups attached to an aromatic ring is 1. The van der Waals surface area contributed by atoms with Crippen LogP contribution < -0.4 is 15.8 Å². The zero-order chi connectivity index (χ0) is 14.1. The van der Waals surface area contributed by atoms with Gasteiger partial charge in [-0.3, -0.25) is 0 Å². The summed E-state index contributed by atoms with van der Waals surface area (Å²) in [5.74, 6) is 0.746. The summed E-state index contributed by atoms with van der Waals surface area (Å²) in [6.07, 6.45) is 0. The molecule has 0 atom stereocenters. The Balaban J connectivity index is 1.96. The van der Waals surface area contributed by atoms with E-state index in [2.05, 4.69) is 26.2 Å². The number of benzene rings is 2. The van der Waals surface area contributed by atoms with E-state index in [1.807, 2.05) is 18.2 Å². The van der Waals surface area contributed by atoms with Gasteiger partial charge in [-0.1, -0.05) is 0 Å². The van der Waals surface area contributed by atoms with E-state index in [4.69, 9.17) is 14.9 Å². The summed E-state index contributed by atoms with van der Waals surface area (Å²) in [5, 5.41) is 3.11. The van der Waals surface area contributed by atoms with Gasteiger partial charge in [0, 0.05) is 16.2 Å².